The summed E-state index contributed by atoms with van der Waals surface area (Å²) in [6.07, 6.45) is 5.20. The summed E-state index contributed by atoms with van der Waals surface area (Å²) in [5.74, 6) is 0. The molecule has 1 saturated heterocycles. The predicted molar refractivity (Wildman–Crippen MR) is 57.2 cm³/mol. The van der Waals surface area contributed by atoms with E-state index in [0.29, 0.717) is 4.32 Å². The first kappa shape index (κ1) is 19.6. The third kappa shape index (κ3) is 8.05. The molecule has 0 atom stereocenters. The van der Waals surface area contributed by atoms with Gasteiger partial charge in [0.15, 0.2) is 0 Å². The van der Waals surface area contributed by atoms with Crippen LogP contribution in [-0.4, -0.2) is 33.3 Å². The molecule has 1 heterocycles. The summed E-state index contributed by atoms with van der Waals surface area (Å²) in [6.45, 7) is 2.17. The summed E-state index contributed by atoms with van der Waals surface area (Å²) in [5.41, 5.74) is 0. The second-order valence-electron chi connectivity index (χ2n) is 2.67. The van der Waals surface area contributed by atoms with E-state index in [1.165, 1.54) is 25.7 Å². The van der Waals surface area contributed by atoms with Gasteiger partial charge >= 0.3 is 29.6 Å². The van der Waals surface area contributed by atoms with Gasteiger partial charge < -0.3 is 40.7 Å². The van der Waals surface area contributed by atoms with Crippen molar-refractivity contribution in [1.82, 2.24) is 4.90 Å². The first-order valence-electron chi connectivity index (χ1n) is 3.76. The Labute approximate surface area is 113 Å². The van der Waals surface area contributed by atoms with E-state index in [2.05, 4.69) is 4.90 Å². The van der Waals surface area contributed by atoms with Gasteiger partial charge in [-0.05, 0) is 12.8 Å². The van der Waals surface area contributed by atoms with E-state index in [1.807, 2.05) is 0 Å². The molecule has 13 heavy (non-hydrogen) atoms. The van der Waals surface area contributed by atoms with Gasteiger partial charge in [-0.3, -0.25) is 0 Å². The van der Waals surface area contributed by atoms with Gasteiger partial charge in [-0.1, -0.05) is 17.2 Å². The van der Waals surface area contributed by atoms with Gasteiger partial charge in [0.05, 0.1) is 0 Å². The van der Waals surface area contributed by atoms with Crippen LogP contribution in [0.3, 0.4) is 0 Å². The normalized spacial score (nSPS) is 15.5. The Morgan fingerprint density at radius 2 is 1.38 bits per heavy atom. The fourth-order valence-electron chi connectivity index (χ4n) is 1.25. The van der Waals surface area contributed by atoms with Crippen LogP contribution in [0.1, 0.15) is 25.7 Å². The van der Waals surface area contributed by atoms with E-state index in [-0.39, 0.29) is 40.5 Å². The minimum absolute atomic E-state index is 0. The fraction of sp³-hybridized carbons (Fsp3) is 0.857. The van der Waals surface area contributed by atoms with Crippen molar-refractivity contribution in [3.8, 4) is 0 Å². The van der Waals surface area contributed by atoms with E-state index < -0.39 is 0 Å². The second kappa shape index (κ2) is 11.1. The summed E-state index contributed by atoms with van der Waals surface area (Å²) in [7, 11) is 0. The molecule has 1 rings (SSSR count). The average molecular weight is 233 g/mol. The van der Waals surface area contributed by atoms with Crippen molar-refractivity contribution in [3.05, 3.63) is 0 Å². The predicted octanol–water partition coefficient (Wildman–Crippen LogP) is -2.95. The zero-order valence-corrected chi connectivity index (χ0v) is 11.6. The van der Waals surface area contributed by atoms with Gasteiger partial charge in [0.2, 0.25) is 0 Å². The minimum Gasteiger partial charge on any atom is -0.412 e. The first-order chi connectivity index (χ1) is 4.80. The molecule has 6 heteroatoms. The molecule has 4 N–H and O–H groups in total. The second-order valence-corrected chi connectivity index (χ2v) is 3.70. The molecular weight excluding hydrogens is 217 g/mol. The molecule has 0 aliphatic carbocycles. The SMILES string of the molecule is O.O.S=C([S-])N1CCCCCC1.[Na+]. The molecule has 0 amide bonds. The number of hydrogen-bond donors (Lipinski definition) is 0. The van der Waals surface area contributed by atoms with E-state index >= 15 is 0 Å². The Hall–Kier alpha value is 1.03. The standard InChI is InChI=1S/C7H13NS2.Na.2H2O/c9-7(10)8-5-3-1-2-4-6-8;;;/h1-6H2,(H,9,10);;2*1H2/q;+1;;/p-1. The molecule has 0 unspecified atom stereocenters. The van der Waals surface area contributed by atoms with E-state index in [0.717, 1.165) is 13.1 Å². The number of rotatable bonds is 0. The Bertz CT molecular complexity index is 130. The monoisotopic (exact) mass is 233 g/mol. The van der Waals surface area contributed by atoms with Crippen LogP contribution in [0.25, 0.3) is 0 Å². The van der Waals surface area contributed by atoms with Crippen LogP contribution in [-0.2, 0) is 12.6 Å². The van der Waals surface area contributed by atoms with Crippen LogP contribution in [0.4, 0.5) is 0 Å². The fourth-order valence-corrected chi connectivity index (χ4v) is 1.62. The molecule has 0 aromatic carbocycles. The van der Waals surface area contributed by atoms with Crippen LogP contribution in [0, 0.1) is 0 Å². The van der Waals surface area contributed by atoms with Crippen molar-refractivity contribution in [3.63, 3.8) is 0 Å². The summed E-state index contributed by atoms with van der Waals surface area (Å²) >= 11 is 9.83. The molecule has 3 nitrogen and oxygen atoms in total. The summed E-state index contributed by atoms with van der Waals surface area (Å²) in [6, 6.07) is 0. The van der Waals surface area contributed by atoms with E-state index in [1.54, 1.807) is 0 Å². The summed E-state index contributed by atoms with van der Waals surface area (Å²) < 4.78 is 0.655. The number of hydrogen-bond acceptors (Lipinski definition) is 2. The van der Waals surface area contributed by atoms with Crippen LogP contribution in [0.5, 0.6) is 0 Å². The molecule has 0 aromatic rings. The van der Waals surface area contributed by atoms with Crippen molar-refractivity contribution in [2.24, 2.45) is 0 Å². The van der Waals surface area contributed by atoms with Gasteiger partial charge in [-0.25, -0.2) is 0 Å². The topological polar surface area (TPSA) is 66.2 Å². The molecule has 1 aliphatic heterocycles. The van der Waals surface area contributed by atoms with Crippen molar-refractivity contribution < 1.29 is 40.5 Å². The van der Waals surface area contributed by atoms with E-state index in [9.17, 15) is 0 Å². The van der Waals surface area contributed by atoms with Gasteiger partial charge in [-0.2, -0.15) is 0 Å². The van der Waals surface area contributed by atoms with Gasteiger partial charge in [0, 0.05) is 13.1 Å². The molecular formula is C7H16NNaO2S2. The van der Waals surface area contributed by atoms with E-state index in [4.69, 9.17) is 24.8 Å². The Morgan fingerprint density at radius 1 is 1.00 bits per heavy atom. The Morgan fingerprint density at radius 3 is 1.69 bits per heavy atom. The van der Waals surface area contributed by atoms with Gasteiger partial charge in [0.1, 0.15) is 0 Å². The van der Waals surface area contributed by atoms with Crippen LogP contribution in [0.15, 0.2) is 0 Å². The van der Waals surface area contributed by atoms with Crippen molar-refractivity contribution in [2.45, 2.75) is 25.7 Å². The Kier molecular flexibility index (Phi) is 16.7. The number of nitrogens with zero attached hydrogens (tertiary/aromatic N) is 1. The first-order valence-corrected chi connectivity index (χ1v) is 4.58. The maximum atomic E-state index is 4.92. The zero-order valence-electron chi connectivity index (χ0n) is 8.01. The van der Waals surface area contributed by atoms with Gasteiger partial charge in [-0.15, -0.1) is 0 Å². The summed E-state index contributed by atoms with van der Waals surface area (Å²) in [4.78, 5) is 2.14. The summed E-state index contributed by atoms with van der Waals surface area (Å²) in [5, 5.41) is 0. The smallest absolute Gasteiger partial charge is 0.412 e. The molecule has 0 aromatic heterocycles. The minimum atomic E-state index is 0. The Balaban J connectivity index is -0.000000333. The molecule has 0 saturated carbocycles. The third-order valence-corrected chi connectivity index (χ3v) is 2.38. The maximum absolute atomic E-state index is 4.92. The van der Waals surface area contributed by atoms with Crippen LogP contribution < -0.4 is 29.6 Å². The molecule has 1 aliphatic rings. The quantitative estimate of drug-likeness (QED) is 0.255. The third-order valence-electron chi connectivity index (χ3n) is 1.86. The van der Waals surface area contributed by atoms with Crippen LogP contribution >= 0.6 is 12.2 Å². The van der Waals surface area contributed by atoms with Crippen molar-refractivity contribution >= 4 is 29.2 Å². The molecule has 74 valence electrons. The largest absolute Gasteiger partial charge is 1.00 e. The molecule has 1 fully saturated rings. The molecule has 0 spiro atoms. The maximum Gasteiger partial charge on any atom is 1.00 e. The van der Waals surface area contributed by atoms with Gasteiger partial charge in [0.25, 0.3) is 0 Å². The zero-order chi connectivity index (χ0) is 7.40. The molecule has 0 bridgehead atoms. The van der Waals surface area contributed by atoms with Crippen molar-refractivity contribution in [1.29, 1.82) is 0 Å². The number of thiocarbonyl (C=S) groups is 1. The van der Waals surface area contributed by atoms with Crippen LogP contribution in [0.2, 0.25) is 0 Å². The van der Waals surface area contributed by atoms with Crippen molar-refractivity contribution in [2.75, 3.05) is 13.1 Å². The average Bonchev–Trinajstić information content (AvgIpc) is 2.12. The molecule has 0 radical (unpaired) electrons. The number of likely N-dealkylation sites (tertiary alicyclic amines) is 1.